The minimum Gasteiger partial charge on any atom is -0.490 e. The molecule has 0 amide bonds. The lowest BCUT2D eigenvalue weighted by Gasteiger charge is -2.35. The molecule has 8 heteroatoms. The molecule has 3 aliphatic rings. The minimum atomic E-state index is -0.985. The first kappa shape index (κ1) is 21.1. The highest BCUT2D eigenvalue weighted by molar-refractivity contribution is 5.75. The van der Waals surface area contributed by atoms with Crippen LogP contribution in [0.5, 0.6) is 5.75 Å². The molecule has 1 N–H and O–H groups in total. The number of ether oxygens (including phenoxy) is 2. The molecule has 0 saturated heterocycles. The molecule has 0 bridgehead atoms. The lowest BCUT2D eigenvalue weighted by molar-refractivity contribution is -0.138. The minimum absolute atomic E-state index is 0.0888. The van der Waals surface area contributed by atoms with Crippen LogP contribution in [-0.2, 0) is 22.5 Å². The Labute approximate surface area is 183 Å². The van der Waals surface area contributed by atoms with Crippen molar-refractivity contribution in [2.45, 2.75) is 50.4 Å². The van der Waals surface area contributed by atoms with Crippen LogP contribution in [0.25, 0.3) is 0 Å². The highest BCUT2D eigenvalue weighted by atomic mass is 19.2. The number of carboxylic acid groups (broad SMARTS) is 1. The van der Waals surface area contributed by atoms with Gasteiger partial charge in [-0.15, -0.1) is 0 Å². The monoisotopic (exact) mass is 447 g/mol. The average molecular weight is 447 g/mol. The fourth-order valence-corrected chi connectivity index (χ4v) is 4.78. The van der Waals surface area contributed by atoms with E-state index in [1.54, 1.807) is 24.1 Å². The molecular formula is C24H24F3NO4. The van der Waals surface area contributed by atoms with E-state index < -0.39 is 23.5 Å². The van der Waals surface area contributed by atoms with Crippen LogP contribution in [0.2, 0.25) is 0 Å². The number of fused-ring (bicyclic) bond motifs is 1. The number of halogens is 3. The molecule has 0 aromatic heterocycles. The van der Waals surface area contributed by atoms with Crippen molar-refractivity contribution in [3.8, 4) is 5.75 Å². The van der Waals surface area contributed by atoms with Crippen LogP contribution >= 0.6 is 0 Å². The summed E-state index contributed by atoms with van der Waals surface area (Å²) in [4.78, 5) is 12.8. The zero-order chi connectivity index (χ0) is 22.6. The predicted octanol–water partition coefficient (Wildman–Crippen LogP) is 4.41. The summed E-state index contributed by atoms with van der Waals surface area (Å²) in [5.74, 6) is -3.77. The van der Waals surface area contributed by atoms with Crippen LogP contribution in [0.4, 0.5) is 18.9 Å². The maximum Gasteiger partial charge on any atom is 0.307 e. The third-order valence-corrected chi connectivity index (χ3v) is 6.88. The van der Waals surface area contributed by atoms with Gasteiger partial charge in [0.05, 0.1) is 17.7 Å². The van der Waals surface area contributed by atoms with Gasteiger partial charge in [-0.2, -0.15) is 0 Å². The Bertz CT molecular complexity index is 1070. The molecule has 2 aromatic rings. The van der Waals surface area contributed by atoms with E-state index in [0.717, 1.165) is 6.07 Å². The third kappa shape index (κ3) is 3.70. The van der Waals surface area contributed by atoms with Gasteiger partial charge in [-0.25, -0.2) is 13.2 Å². The number of benzene rings is 2. The van der Waals surface area contributed by atoms with E-state index in [1.807, 2.05) is 0 Å². The molecule has 5 nitrogen and oxygen atoms in total. The quantitative estimate of drug-likeness (QED) is 0.711. The fourth-order valence-electron chi connectivity index (χ4n) is 4.78. The van der Waals surface area contributed by atoms with Crippen LogP contribution in [0.1, 0.15) is 41.9 Å². The second-order valence-electron chi connectivity index (χ2n) is 8.87. The SMILES string of the molecule is COC1CC(Oc2cc(F)c(F)c(N3CCc4c(ccc([C@H]5C[C@@H]5C(=O)O)c4F)C3)c2)C1. The van der Waals surface area contributed by atoms with Crippen molar-refractivity contribution >= 4 is 11.7 Å². The summed E-state index contributed by atoms with van der Waals surface area (Å²) in [6.45, 7) is 0.546. The second kappa shape index (κ2) is 7.99. The number of aliphatic carboxylic acids is 1. The first-order chi connectivity index (χ1) is 15.4. The number of carbonyl (C=O) groups is 1. The molecule has 2 fully saturated rings. The molecule has 32 heavy (non-hydrogen) atoms. The second-order valence-corrected chi connectivity index (χ2v) is 8.87. The molecule has 0 unspecified atom stereocenters. The maximum absolute atomic E-state index is 15.1. The summed E-state index contributed by atoms with van der Waals surface area (Å²) in [5, 5.41) is 9.13. The normalized spacial score (nSPS) is 26.3. The van der Waals surface area contributed by atoms with Crippen LogP contribution < -0.4 is 9.64 Å². The Kier molecular flexibility index (Phi) is 5.28. The smallest absolute Gasteiger partial charge is 0.307 e. The van der Waals surface area contributed by atoms with Crippen molar-refractivity contribution in [1.29, 1.82) is 0 Å². The van der Waals surface area contributed by atoms with E-state index in [0.29, 0.717) is 48.9 Å². The van der Waals surface area contributed by atoms with Gasteiger partial charge in [-0.05, 0) is 29.5 Å². The largest absolute Gasteiger partial charge is 0.490 e. The number of nitrogens with zero attached hydrogens (tertiary/aromatic N) is 1. The molecule has 0 spiro atoms. The van der Waals surface area contributed by atoms with Crippen molar-refractivity contribution in [2.24, 2.45) is 5.92 Å². The highest BCUT2D eigenvalue weighted by Crippen LogP contribution is 2.49. The zero-order valence-electron chi connectivity index (χ0n) is 17.6. The van der Waals surface area contributed by atoms with E-state index in [4.69, 9.17) is 14.6 Å². The Morgan fingerprint density at radius 1 is 1.09 bits per heavy atom. The topological polar surface area (TPSA) is 59.0 Å². The van der Waals surface area contributed by atoms with Crippen molar-refractivity contribution in [3.63, 3.8) is 0 Å². The molecule has 2 aliphatic carbocycles. The summed E-state index contributed by atoms with van der Waals surface area (Å²) >= 11 is 0. The summed E-state index contributed by atoms with van der Waals surface area (Å²) in [7, 11) is 1.63. The van der Waals surface area contributed by atoms with Gasteiger partial charge in [-0.1, -0.05) is 12.1 Å². The molecular weight excluding hydrogens is 423 g/mol. The van der Waals surface area contributed by atoms with E-state index in [9.17, 15) is 13.6 Å². The number of carboxylic acids is 1. The van der Waals surface area contributed by atoms with Gasteiger partial charge in [0.1, 0.15) is 17.7 Å². The van der Waals surface area contributed by atoms with E-state index in [2.05, 4.69) is 0 Å². The molecule has 1 heterocycles. The van der Waals surface area contributed by atoms with Crippen molar-refractivity contribution in [3.05, 3.63) is 58.4 Å². The van der Waals surface area contributed by atoms with Crippen LogP contribution in [-0.4, -0.2) is 36.9 Å². The molecule has 1 aliphatic heterocycles. The van der Waals surface area contributed by atoms with Gasteiger partial charge in [0.2, 0.25) is 0 Å². The lowest BCUT2D eigenvalue weighted by Crippen LogP contribution is -2.39. The van der Waals surface area contributed by atoms with Gasteiger partial charge < -0.3 is 19.5 Å². The number of methoxy groups -OCH3 is 1. The van der Waals surface area contributed by atoms with E-state index in [-0.39, 0.29) is 41.9 Å². The van der Waals surface area contributed by atoms with Gasteiger partial charge >= 0.3 is 5.97 Å². The number of rotatable bonds is 6. The Balaban J connectivity index is 1.35. The molecule has 0 radical (unpaired) electrons. The van der Waals surface area contributed by atoms with E-state index >= 15 is 4.39 Å². The number of hydrogen-bond donors (Lipinski definition) is 1. The van der Waals surface area contributed by atoms with Gasteiger partial charge in [0.15, 0.2) is 11.6 Å². The van der Waals surface area contributed by atoms with Crippen LogP contribution in [0.15, 0.2) is 24.3 Å². The Hall–Kier alpha value is -2.74. The number of hydrogen-bond acceptors (Lipinski definition) is 4. The van der Waals surface area contributed by atoms with Crippen molar-refractivity contribution < 1.29 is 32.5 Å². The summed E-state index contributed by atoms with van der Waals surface area (Å²) in [6.07, 6.45) is 2.21. The Morgan fingerprint density at radius 3 is 2.56 bits per heavy atom. The lowest BCUT2D eigenvalue weighted by atomic mass is 9.92. The molecule has 2 saturated carbocycles. The van der Waals surface area contributed by atoms with Crippen molar-refractivity contribution in [1.82, 2.24) is 0 Å². The first-order valence-electron chi connectivity index (χ1n) is 10.8. The standard InChI is InChI=1S/C24H24F3NO4/c1-31-13-6-14(7-13)32-15-8-20(25)23(27)21(9-15)28-5-4-16-12(11-28)2-3-17(22(16)26)18-10-19(18)24(29)30/h2-3,8-9,13-14,18-19H,4-7,10-11H2,1H3,(H,29,30)/t13?,14?,18-,19+/m1/s1. The zero-order valence-corrected chi connectivity index (χ0v) is 17.6. The van der Waals surface area contributed by atoms with Crippen molar-refractivity contribution in [2.75, 3.05) is 18.6 Å². The first-order valence-corrected chi connectivity index (χ1v) is 10.8. The summed E-state index contributed by atoms with van der Waals surface area (Å²) < 4.78 is 55.1. The Morgan fingerprint density at radius 2 is 1.88 bits per heavy atom. The van der Waals surface area contributed by atoms with Crippen LogP contribution in [0.3, 0.4) is 0 Å². The predicted molar refractivity (Wildman–Crippen MR) is 110 cm³/mol. The summed E-state index contributed by atoms with van der Waals surface area (Å²) in [6, 6.07) is 5.95. The highest BCUT2D eigenvalue weighted by Gasteiger charge is 2.46. The molecule has 170 valence electrons. The van der Waals surface area contributed by atoms with Gasteiger partial charge in [0.25, 0.3) is 0 Å². The number of anilines is 1. The fraction of sp³-hybridized carbons (Fsp3) is 0.458. The average Bonchev–Trinajstić information content (AvgIpc) is 3.53. The maximum atomic E-state index is 15.1. The van der Waals surface area contributed by atoms with Crippen LogP contribution in [0, 0.1) is 23.4 Å². The summed E-state index contributed by atoms with van der Waals surface area (Å²) in [5.41, 5.74) is 1.75. The molecule has 2 aromatic carbocycles. The van der Waals surface area contributed by atoms with Gasteiger partial charge in [-0.3, -0.25) is 4.79 Å². The van der Waals surface area contributed by atoms with E-state index in [1.165, 1.54) is 6.07 Å². The third-order valence-electron chi connectivity index (χ3n) is 6.88. The molecule has 2 atom stereocenters. The molecule has 5 rings (SSSR count). The van der Waals surface area contributed by atoms with Gasteiger partial charge in [0, 0.05) is 51.1 Å².